The number of halogens is 1. The van der Waals surface area contributed by atoms with Crippen molar-refractivity contribution in [2.75, 3.05) is 0 Å². The van der Waals surface area contributed by atoms with E-state index in [1.807, 2.05) is 6.07 Å². The fourth-order valence-corrected chi connectivity index (χ4v) is 1.24. The van der Waals surface area contributed by atoms with E-state index in [0.717, 1.165) is 6.07 Å². The van der Waals surface area contributed by atoms with E-state index >= 15 is 0 Å². The number of nitrogens with one attached hydrogen (secondary N) is 1. The topological polar surface area (TPSA) is 62.1 Å². The van der Waals surface area contributed by atoms with Crippen LogP contribution < -0.4 is 5.32 Å². The molecule has 0 spiro atoms. The van der Waals surface area contributed by atoms with Gasteiger partial charge in [0, 0.05) is 12.1 Å². The summed E-state index contributed by atoms with van der Waals surface area (Å²) < 4.78 is 18.5. The average molecular weight is 250 g/mol. The van der Waals surface area contributed by atoms with Gasteiger partial charge in [-0.1, -0.05) is 6.07 Å². The maximum atomic E-state index is 13.5. The van der Waals surface area contributed by atoms with Crippen LogP contribution >= 0.6 is 0 Å². The minimum atomic E-state index is -0.605. The van der Waals surface area contributed by atoms with E-state index < -0.39 is 17.5 Å². The van der Waals surface area contributed by atoms with Crippen molar-refractivity contribution >= 4 is 6.09 Å². The lowest BCUT2D eigenvalue weighted by Gasteiger charge is -2.19. The molecule has 0 fully saturated rings. The third kappa shape index (κ3) is 4.42. The Morgan fingerprint density at radius 2 is 2.17 bits per heavy atom. The Hall–Kier alpha value is -2.09. The summed E-state index contributed by atoms with van der Waals surface area (Å²) in [5, 5.41) is 11.0. The van der Waals surface area contributed by atoms with Crippen LogP contribution in [-0.2, 0) is 11.3 Å². The smallest absolute Gasteiger partial charge is 0.407 e. The molecule has 0 aromatic heterocycles. The summed E-state index contributed by atoms with van der Waals surface area (Å²) in [5.41, 5.74) is -0.0406. The number of ether oxygens (including phenoxy) is 1. The van der Waals surface area contributed by atoms with E-state index in [-0.39, 0.29) is 12.1 Å². The van der Waals surface area contributed by atoms with Gasteiger partial charge in [-0.2, -0.15) is 5.26 Å². The standard InChI is InChI=1S/C13H15FN2O2/c1-13(2,3)18-12(17)16-8-10-5-4-9(7-15)6-11(10)14/h4-6H,8H2,1-3H3,(H,16,17). The maximum absolute atomic E-state index is 13.5. The van der Waals surface area contributed by atoms with Crippen molar-refractivity contribution in [3.63, 3.8) is 0 Å². The van der Waals surface area contributed by atoms with Crippen LogP contribution in [0.5, 0.6) is 0 Å². The van der Waals surface area contributed by atoms with Crippen molar-refractivity contribution in [1.29, 1.82) is 5.26 Å². The Labute approximate surface area is 105 Å². The SMILES string of the molecule is CC(C)(C)OC(=O)NCc1ccc(C#N)cc1F. The first-order valence-corrected chi connectivity index (χ1v) is 5.47. The van der Waals surface area contributed by atoms with Gasteiger partial charge in [-0.25, -0.2) is 9.18 Å². The van der Waals surface area contributed by atoms with Gasteiger partial charge in [-0.15, -0.1) is 0 Å². The number of benzene rings is 1. The molecule has 0 aliphatic heterocycles. The summed E-state index contributed by atoms with van der Waals surface area (Å²) >= 11 is 0. The molecule has 1 aromatic carbocycles. The fourth-order valence-electron chi connectivity index (χ4n) is 1.24. The normalized spacial score (nSPS) is 10.6. The lowest BCUT2D eigenvalue weighted by atomic mass is 10.1. The quantitative estimate of drug-likeness (QED) is 0.877. The van der Waals surface area contributed by atoms with Gasteiger partial charge in [0.15, 0.2) is 0 Å². The second kappa shape index (κ2) is 5.50. The van der Waals surface area contributed by atoms with Crippen molar-refractivity contribution in [3.05, 3.63) is 35.1 Å². The van der Waals surface area contributed by atoms with Crippen molar-refractivity contribution in [3.8, 4) is 6.07 Å². The molecular formula is C13H15FN2O2. The first kappa shape index (κ1) is 14.0. The van der Waals surface area contributed by atoms with E-state index in [1.54, 1.807) is 20.8 Å². The van der Waals surface area contributed by atoms with Crippen molar-refractivity contribution < 1.29 is 13.9 Å². The Kier molecular flexibility index (Phi) is 4.27. The van der Waals surface area contributed by atoms with E-state index in [0.29, 0.717) is 5.56 Å². The molecule has 0 unspecified atom stereocenters. The highest BCUT2D eigenvalue weighted by atomic mass is 19.1. The maximum Gasteiger partial charge on any atom is 0.407 e. The van der Waals surface area contributed by atoms with Crippen molar-refractivity contribution in [2.45, 2.75) is 32.9 Å². The number of rotatable bonds is 2. The monoisotopic (exact) mass is 250 g/mol. The summed E-state index contributed by atoms with van der Waals surface area (Å²) in [5.74, 6) is -0.523. The number of nitrogens with zero attached hydrogens (tertiary/aromatic N) is 1. The van der Waals surface area contributed by atoms with Crippen LogP contribution in [0.3, 0.4) is 0 Å². The lowest BCUT2D eigenvalue weighted by Crippen LogP contribution is -2.32. The Morgan fingerprint density at radius 1 is 1.50 bits per heavy atom. The van der Waals surface area contributed by atoms with Crippen molar-refractivity contribution in [2.24, 2.45) is 0 Å². The molecule has 18 heavy (non-hydrogen) atoms. The predicted octanol–water partition coefficient (Wildman–Crippen LogP) is 2.72. The molecule has 0 saturated heterocycles. The number of carbonyl (C=O) groups is 1. The minimum absolute atomic E-state index is 0.0203. The minimum Gasteiger partial charge on any atom is -0.444 e. The number of alkyl carbamates (subject to hydrolysis) is 1. The molecule has 4 nitrogen and oxygen atoms in total. The molecule has 0 bridgehead atoms. The van der Waals surface area contributed by atoms with E-state index in [4.69, 9.17) is 10.00 Å². The molecule has 96 valence electrons. The lowest BCUT2D eigenvalue weighted by molar-refractivity contribution is 0.0523. The average Bonchev–Trinajstić information content (AvgIpc) is 2.25. The van der Waals surface area contributed by atoms with E-state index in [9.17, 15) is 9.18 Å². The van der Waals surface area contributed by atoms with Crippen molar-refractivity contribution in [1.82, 2.24) is 5.32 Å². The first-order valence-electron chi connectivity index (χ1n) is 5.47. The number of amides is 1. The largest absolute Gasteiger partial charge is 0.444 e. The Balaban J connectivity index is 2.59. The molecule has 0 aliphatic carbocycles. The second-order valence-electron chi connectivity index (χ2n) is 4.77. The summed E-state index contributed by atoms with van der Waals surface area (Å²) in [7, 11) is 0. The number of carbonyl (C=O) groups excluding carboxylic acids is 1. The zero-order valence-corrected chi connectivity index (χ0v) is 10.6. The van der Waals surface area contributed by atoms with Gasteiger partial charge in [-0.05, 0) is 32.9 Å². The van der Waals surface area contributed by atoms with Crippen LogP contribution in [-0.4, -0.2) is 11.7 Å². The third-order valence-electron chi connectivity index (χ3n) is 2.00. The number of nitriles is 1. The summed E-state index contributed by atoms with van der Waals surface area (Å²) in [4.78, 5) is 11.4. The molecule has 5 heteroatoms. The highest BCUT2D eigenvalue weighted by Crippen LogP contribution is 2.11. The van der Waals surface area contributed by atoms with Crippen LogP contribution in [0.1, 0.15) is 31.9 Å². The van der Waals surface area contributed by atoms with E-state index in [1.165, 1.54) is 12.1 Å². The highest BCUT2D eigenvalue weighted by molar-refractivity contribution is 5.67. The summed E-state index contributed by atoms with van der Waals surface area (Å²) in [6.07, 6.45) is -0.605. The molecule has 0 heterocycles. The van der Waals surface area contributed by atoms with Gasteiger partial charge in [0.1, 0.15) is 11.4 Å². The van der Waals surface area contributed by atoms with Gasteiger partial charge in [0.05, 0.1) is 11.6 Å². The molecule has 1 aromatic rings. The molecule has 0 radical (unpaired) electrons. The van der Waals surface area contributed by atoms with Crippen LogP contribution in [0.15, 0.2) is 18.2 Å². The molecule has 0 aliphatic rings. The summed E-state index contributed by atoms with van der Waals surface area (Å²) in [6, 6.07) is 5.93. The molecule has 0 saturated carbocycles. The van der Waals surface area contributed by atoms with Gasteiger partial charge >= 0.3 is 6.09 Å². The Morgan fingerprint density at radius 3 is 2.67 bits per heavy atom. The summed E-state index contributed by atoms with van der Waals surface area (Å²) in [6.45, 7) is 5.26. The zero-order chi connectivity index (χ0) is 13.8. The zero-order valence-electron chi connectivity index (χ0n) is 10.6. The molecular weight excluding hydrogens is 235 g/mol. The molecule has 1 rings (SSSR count). The van der Waals surface area contributed by atoms with Gasteiger partial charge in [0.2, 0.25) is 0 Å². The first-order chi connectivity index (χ1) is 8.31. The molecule has 1 N–H and O–H groups in total. The number of hydrogen-bond acceptors (Lipinski definition) is 3. The van der Waals surface area contributed by atoms with Gasteiger partial charge in [-0.3, -0.25) is 0 Å². The van der Waals surface area contributed by atoms with Gasteiger partial charge < -0.3 is 10.1 Å². The second-order valence-corrected chi connectivity index (χ2v) is 4.77. The van der Waals surface area contributed by atoms with Crippen LogP contribution in [0.25, 0.3) is 0 Å². The van der Waals surface area contributed by atoms with Crippen LogP contribution in [0, 0.1) is 17.1 Å². The van der Waals surface area contributed by atoms with Gasteiger partial charge in [0.25, 0.3) is 0 Å². The van der Waals surface area contributed by atoms with E-state index in [2.05, 4.69) is 5.32 Å². The highest BCUT2D eigenvalue weighted by Gasteiger charge is 2.16. The molecule has 1 amide bonds. The van der Waals surface area contributed by atoms with Crippen LogP contribution in [0.4, 0.5) is 9.18 Å². The van der Waals surface area contributed by atoms with Crippen LogP contribution in [0.2, 0.25) is 0 Å². The number of hydrogen-bond donors (Lipinski definition) is 1. The third-order valence-corrected chi connectivity index (χ3v) is 2.00. The molecule has 0 atom stereocenters. The fraction of sp³-hybridized carbons (Fsp3) is 0.385. The Bertz CT molecular complexity index is 487. The predicted molar refractivity (Wildman–Crippen MR) is 64.2 cm³/mol.